The molecule has 0 spiro atoms. The molecule has 7 rings (SSSR count). The molecule has 0 unspecified atom stereocenters. The molecule has 4 amide bonds. The predicted octanol–water partition coefficient (Wildman–Crippen LogP) is 3.94. The van der Waals surface area contributed by atoms with Gasteiger partial charge in [-0.1, -0.05) is 48.5 Å². The van der Waals surface area contributed by atoms with E-state index in [0.717, 1.165) is 33.4 Å². The van der Waals surface area contributed by atoms with Gasteiger partial charge in [-0.15, -0.1) is 0 Å². The first kappa shape index (κ1) is 27.1. The highest BCUT2D eigenvalue weighted by molar-refractivity contribution is 6.30. The zero-order valence-electron chi connectivity index (χ0n) is 23.9. The van der Waals surface area contributed by atoms with Gasteiger partial charge < -0.3 is 14.2 Å². The summed E-state index contributed by atoms with van der Waals surface area (Å²) in [6, 6.07) is 25.1. The lowest BCUT2D eigenvalue weighted by Crippen LogP contribution is -2.68. The van der Waals surface area contributed by atoms with E-state index in [2.05, 4.69) is 10.2 Å². The molecule has 218 valence electrons. The van der Waals surface area contributed by atoms with Crippen LogP contribution in [0.5, 0.6) is 5.75 Å². The Morgan fingerprint density at radius 2 is 1.63 bits per heavy atom. The van der Waals surface area contributed by atoms with Crippen LogP contribution in [0.15, 0.2) is 89.7 Å². The minimum absolute atomic E-state index is 0.00329. The van der Waals surface area contributed by atoms with Crippen LogP contribution in [-0.4, -0.2) is 54.1 Å². The summed E-state index contributed by atoms with van der Waals surface area (Å²) in [5.74, 6) is -0.232. The number of aromatic nitrogens is 1. The largest absolute Gasteiger partial charge is 0.497 e. The number of urea groups is 1. The number of carbonyl (C=O) groups excluding carboxylic acids is 3. The van der Waals surface area contributed by atoms with Crippen molar-refractivity contribution >= 4 is 34.3 Å². The first-order valence-electron chi connectivity index (χ1n) is 14.6. The number of benzene rings is 3. The van der Waals surface area contributed by atoms with E-state index in [1.807, 2.05) is 53.1 Å². The first-order valence-corrected chi connectivity index (χ1v) is 14.6. The van der Waals surface area contributed by atoms with E-state index in [1.165, 1.54) is 0 Å². The number of imide groups is 2. The summed E-state index contributed by atoms with van der Waals surface area (Å²) in [6.07, 6.45) is 1.08. The number of ether oxygens (including phenoxy) is 1. The quantitative estimate of drug-likeness (QED) is 0.349. The van der Waals surface area contributed by atoms with Gasteiger partial charge in [0.1, 0.15) is 11.2 Å². The fraction of sp³-hybridized carbons (Fsp3) is 0.294. The monoisotopic (exact) mass is 576 g/mol. The molecular weight excluding hydrogens is 544 g/mol. The van der Waals surface area contributed by atoms with Gasteiger partial charge in [-0.2, -0.15) is 0 Å². The van der Waals surface area contributed by atoms with Gasteiger partial charge in [-0.25, -0.2) is 9.69 Å². The number of hydrogen-bond donors (Lipinski definition) is 1. The molecular formula is C34H32N4O5. The molecule has 1 N–H and O–H groups in total. The normalized spacial score (nSPS) is 23.7. The van der Waals surface area contributed by atoms with Crippen LogP contribution in [0.3, 0.4) is 0 Å². The summed E-state index contributed by atoms with van der Waals surface area (Å²) in [7, 11) is 1.55. The maximum Gasteiger partial charge on any atom is 0.335 e. The van der Waals surface area contributed by atoms with Crippen LogP contribution in [0.2, 0.25) is 0 Å². The average Bonchev–Trinajstić information content (AvgIpc) is 3.01. The van der Waals surface area contributed by atoms with Gasteiger partial charge in [0.25, 0.3) is 11.5 Å². The molecule has 4 aromatic rings. The lowest BCUT2D eigenvalue weighted by atomic mass is 9.75. The Morgan fingerprint density at radius 3 is 2.44 bits per heavy atom. The second-order valence-corrected chi connectivity index (χ2v) is 11.9. The summed E-state index contributed by atoms with van der Waals surface area (Å²) >= 11 is 0. The van der Waals surface area contributed by atoms with Gasteiger partial charge in [0, 0.05) is 43.9 Å². The van der Waals surface area contributed by atoms with Gasteiger partial charge in [-0.05, 0) is 65.4 Å². The maximum atomic E-state index is 14.7. The number of methoxy groups -OCH3 is 1. The number of piperidine rings is 1. The van der Waals surface area contributed by atoms with Crippen LogP contribution in [0.4, 0.5) is 10.5 Å². The number of rotatable bonds is 6. The molecule has 2 fully saturated rings. The van der Waals surface area contributed by atoms with Crippen molar-refractivity contribution in [2.24, 2.45) is 11.3 Å². The fourth-order valence-electron chi connectivity index (χ4n) is 7.27. The van der Waals surface area contributed by atoms with Crippen molar-refractivity contribution in [2.75, 3.05) is 31.6 Å². The van der Waals surface area contributed by atoms with Crippen LogP contribution < -0.4 is 20.5 Å². The van der Waals surface area contributed by atoms with E-state index in [-0.39, 0.29) is 30.4 Å². The van der Waals surface area contributed by atoms with E-state index < -0.39 is 23.3 Å². The van der Waals surface area contributed by atoms with Crippen molar-refractivity contribution in [1.82, 2.24) is 14.8 Å². The van der Waals surface area contributed by atoms with Crippen molar-refractivity contribution in [3.05, 3.63) is 107 Å². The smallest absolute Gasteiger partial charge is 0.335 e. The molecule has 3 aromatic carbocycles. The average molecular weight is 577 g/mol. The second kappa shape index (κ2) is 10.5. The Kier molecular flexibility index (Phi) is 6.62. The third-order valence-electron chi connectivity index (χ3n) is 9.22. The number of fused-ring (bicyclic) bond motifs is 5. The van der Waals surface area contributed by atoms with Crippen LogP contribution in [0, 0.1) is 11.3 Å². The maximum absolute atomic E-state index is 14.7. The molecule has 2 bridgehead atoms. The predicted molar refractivity (Wildman–Crippen MR) is 162 cm³/mol. The number of nitrogens with zero attached hydrogens (tertiary/aromatic N) is 3. The summed E-state index contributed by atoms with van der Waals surface area (Å²) < 4.78 is 7.14. The summed E-state index contributed by atoms with van der Waals surface area (Å²) in [4.78, 5) is 57.8. The highest BCUT2D eigenvalue weighted by atomic mass is 16.5. The number of pyridine rings is 1. The third-order valence-corrected chi connectivity index (χ3v) is 9.22. The van der Waals surface area contributed by atoms with E-state index in [9.17, 15) is 19.2 Å². The van der Waals surface area contributed by atoms with Gasteiger partial charge >= 0.3 is 6.03 Å². The number of likely N-dealkylation sites (tertiary alicyclic amines) is 1. The number of barbiturate groups is 1. The van der Waals surface area contributed by atoms with Crippen LogP contribution in [0.1, 0.15) is 23.6 Å². The van der Waals surface area contributed by atoms with Crippen molar-refractivity contribution in [3.63, 3.8) is 0 Å². The number of hydrogen-bond acceptors (Lipinski definition) is 6. The Labute approximate surface area is 248 Å². The Balaban J connectivity index is 1.30. The molecule has 0 radical (unpaired) electrons. The molecule has 3 aliphatic rings. The zero-order valence-corrected chi connectivity index (χ0v) is 23.9. The number of nitrogens with one attached hydrogen (secondary N) is 1. The number of amides is 4. The topological polar surface area (TPSA) is 101 Å². The molecule has 3 aliphatic heterocycles. The summed E-state index contributed by atoms with van der Waals surface area (Å²) in [6.45, 7) is 2.00. The van der Waals surface area contributed by atoms with Crippen LogP contribution in [0.25, 0.3) is 10.8 Å². The van der Waals surface area contributed by atoms with Gasteiger partial charge in [0.05, 0.1) is 12.8 Å². The SMILES string of the molecule is COc1ccc(N2C(=O)NC(=O)[C@@](Cc3cccc4ccccc34)(CN3C[C@H]4C[C@@H](C3)c3cccc(=O)n3C4)C2=O)cc1. The molecule has 0 saturated carbocycles. The van der Waals surface area contributed by atoms with Gasteiger partial charge in [-0.3, -0.25) is 19.7 Å². The lowest BCUT2D eigenvalue weighted by molar-refractivity contribution is -0.144. The van der Waals surface area contributed by atoms with Gasteiger partial charge in [0.15, 0.2) is 0 Å². The zero-order chi connectivity index (χ0) is 29.7. The summed E-state index contributed by atoms with van der Waals surface area (Å²) in [5, 5.41) is 4.50. The van der Waals surface area contributed by atoms with Crippen LogP contribution >= 0.6 is 0 Å². The van der Waals surface area contributed by atoms with Crippen molar-refractivity contribution in [3.8, 4) is 5.75 Å². The molecule has 43 heavy (non-hydrogen) atoms. The minimum atomic E-state index is -1.57. The van der Waals surface area contributed by atoms with Crippen molar-refractivity contribution < 1.29 is 19.1 Å². The Hall–Kier alpha value is -4.76. The van der Waals surface area contributed by atoms with E-state index in [0.29, 0.717) is 31.1 Å². The van der Waals surface area contributed by atoms with E-state index >= 15 is 0 Å². The van der Waals surface area contributed by atoms with Gasteiger partial charge in [0.2, 0.25) is 5.91 Å². The minimum Gasteiger partial charge on any atom is -0.497 e. The highest BCUT2D eigenvalue weighted by Gasteiger charge is 2.56. The second-order valence-electron chi connectivity index (χ2n) is 11.9. The van der Waals surface area contributed by atoms with Crippen molar-refractivity contribution in [1.29, 1.82) is 0 Å². The fourth-order valence-corrected chi connectivity index (χ4v) is 7.27. The molecule has 3 atom stereocenters. The standard InChI is InChI=1S/C34H32N4O5/c1-43-27-14-12-26(13-15-27)38-32(41)34(31(40)35-33(38)42,17-24-8-4-7-23-6-2-3-9-28(23)24)21-36-18-22-16-25(20-36)29-10-5-11-30(39)37(29)19-22/h2-15,22,25H,16-21H2,1H3,(H,35,40,42)/t22-,25+,34-/m1/s1. The highest BCUT2D eigenvalue weighted by Crippen LogP contribution is 2.40. The number of anilines is 1. The molecule has 4 heterocycles. The number of carbonyl (C=O) groups is 3. The van der Waals surface area contributed by atoms with Crippen LogP contribution in [-0.2, 0) is 22.6 Å². The summed E-state index contributed by atoms with van der Waals surface area (Å²) in [5.41, 5.74) is 0.649. The molecule has 9 nitrogen and oxygen atoms in total. The van der Waals surface area contributed by atoms with Crippen molar-refractivity contribution in [2.45, 2.75) is 25.3 Å². The Bertz CT molecular complexity index is 1810. The van der Waals surface area contributed by atoms with E-state index in [4.69, 9.17) is 4.74 Å². The molecule has 0 aliphatic carbocycles. The molecule has 2 saturated heterocycles. The van der Waals surface area contributed by atoms with E-state index in [1.54, 1.807) is 43.5 Å². The third kappa shape index (κ3) is 4.60. The molecule has 1 aromatic heterocycles. The Morgan fingerprint density at radius 1 is 0.860 bits per heavy atom. The molecule has 9 heteroatoms. The first-order chi connectivity index (χ1) is 20.9. The lowest BCUT2D eigenvalue weighted by Gasteiger charge is -2.47.